The Morgan fingerprint density at radius 3 is 1.53 bits per heavy atom. The fourth-order valence-electron chi connectivity index (χ4n) is 1.71. The standard InChI is InChI=1S/C13H12F13NO4S/c1-4-5-6(2)7(28)31-27(3)32(29,30)13(25,26)11(20,21)9(16,17)8(14,15)10(18,19)12(22,23)24/h5H,4H2,1-3H3. The van der Waals surface area contributed by atoms with Gasteiger partial charge in [-0.2, -0.15) is 57.1 Å². The van der Waals surface area contributed by atoms with Crippen LogP contribution >= 0.6 is 0 Å². The van der Waals surface area contributed by atoms with E-state index in [1.54, 1.807) is 0 Å². The van der Waals surface area contributed by atoms with Crippen molar-refractivity contribution in [1.29, 1.82) is 0 Å². The molecule has 190 valence electrons. The van der Waals surface area contributed by atoms with E-state index in [4.69, 9.17) is 0 Å². The highest BCUT2D eigenvalue weighted by Gasteiger charge is 2.92. The molecule has 32 heavy (non-hydrogen) atoms. The largest absolute Gasteiger partial charge is 0.460 e. The number of rotatable bonds is 9. The van der Waals surface area contributed by atoms with E-state index in [0.29, 0.717) is 0 Å². The van der Waals surface area contributed by atoms with Crippen molar-refractivity contribution in [2.45, 2.75) is 55.4 Å². The number of sulfonamides is 1. The lowest BCUT2D eigenvalue weighted by atomic mass is 9.98. The lowest BCUT2D eigenvalue weighted by molar-refractivity contribution is -0.433. The van der Waals surface area contributed by atoms with Crippen molar-refractivity contribution < 1.29 is 75.1 Å². The van der Waals surface area contributed by atoms with E-state index in [9.17, 15) is 70.3 Å². The molecule has 0 amide bonds. The molecule has 0 saturated carbocycles. The van der Waals surface area contributed by atoms with Crippen molar-refractivity contribution >= 4 is 16.0 Å². The monoisotopic (exact) mass is 525 g/mol. The second kappa shape index (κ2) is 8.53. The van der Waals surface area contributed by atoms with Gasteiger partial charge < -0.3 is 4.84 Å². The third-order valence-electron chi connectivity index (χ3n) is 3.61. The first-order chi connectivity index (χ1) is 13.8. The van der Waals surface area contributed by atoms with E-state index < -0.39 is 61.2 Å². The minimum atomic E-state index is -8.31. The Morgan fingerprint density at radius 1 is 0.812 bits per heavy atom. The van der Waals surface area contributed by atoms with Gasteiger partial charge in [0.15, 0.2) is 0 Å². The summed E-state index contributed by atoms with van der Waals surface area (Å²) in [5, 5.41) is -7.49. The van der Waals surface area contributed by atoms with E-state index in [1.807, 2.05) is 0 Å². The Bertz CT molecular complexity index is 848. The zero-order valence-electron chi connectivity index (χ0n) is 15.7. The van der Waals surface area contributed by atoms with Crippen molar-refractivity contribution in [2.75, 3.05) is 7.05 Å². The van der Waals surface area contributed by atoms with Crippen molar-refractivity contribution in [3.8, 4) is 0 Å². The first kappa shape index (κ1) is 30.2. The summed E-state index contributed by atoms with van der Waals surface area (Å²) in [7, 11) is -7.69. The molecule has 0 N–H and O–H groups in total. The lowest BCUT2D eigenvalue weighted by Crippen LogP contribution is -2.71. The maximum atomic E-state index is 13.8. The van der Waals surface area contributed by atoms with Crippen LogP contribution in [0.25, 0.3) is 0 Å². The molecular weight excluding hydrogens is 513 g/mol. The Labute approximate surface area is 170 Å². The second-order valence-corrected chi connectivity index (χ2v) is 7.88. The normalized spacial score (nSPS) is 15.8. The van der Waals surface area contributed by atoms with E-state index in [1.165, 1.54) is 6.92 Å². The smallest absolute Gasteiger partial charge is 0.349 e. The summed E-state index contributed by atoms with van der Waals surface area (Å²) in [6, 6.07) is 0. The van der Waals surface area contributed by atoms with Gasteiger partial charge >= 0.3 is 51.1 Å². The maximum Gasteiger partial charge on any atom is 0.460 e. The van der Waals surface area contributed by atoms with Gasteiger partial charge in [-0.15, -0.1) is 0 Å². The molecule has 0 aliphatic heterocycles. The fraction of sp³-hybridized carbons (Fsp3) is 0.769. The number of nitrogens with zero attached hydrogens (tertiary/aromatic N) is 1. The Morgan fingerprint density at radius 2 is 1.19 bits per heavy atom. The van der Waals surface area contributed by atoms with Crippen LogP contribution in [0.4, 0.5) is 57.1 Å². The van der Waals surface area contributed by atoms with Crippen LogP contribution in [-0.2, 0) is 19.7 Å². The Hall–Kier alpha value is -1.79. The summed E-state index contributed by atoms with van der Waals surface area (Å²) in [6.07, 6.45) is -6.61. The second-order valence-electron chi connectivity index (χ2n) is 5.90. The van der Waals surface area contributed by atoms with Crippen LogP contribution in [-0.4, -0.2) is 61.0 Å². The number of allylic oxidation sites excluding steroid dienone is 1. The Kier molecular flexibility index (Phi) is 8.05. The molecule has 0 atom stereocenters. The number of alkyl halides is 13. The highest BCUT2D eigenvalue weighted by atomic mass is 32.2. The number of carbonyl (C=O) groups excluding carboxylic acids is 1. The molecule has 19 heteroatoms. The van der Waals surface area contributed by atoms with Gasteiger partial charge in [-0.05, 0) is 17.8 Å². The molecule has 0 aromatic rings. The van der Waals surface area contributed by atoms with Crippen LogP contribution in [0.2, 0.25) is 0 Å². The summed E-state index contributed by atoms with van der Waals surface area (Å²) in [5.74, 6) is -34.5. The first-order valence-electron chi connectivity index (χ1n) is 7.62. The van der Waals surface area contributed by atoms with Crippen LogP contribution in [0.5, 0.6) is 0 Å². The van der Waals surface area contributed by atoms with Gasteiger partial charge in [0.25, 0.3) is 0 Å². The predicted octanol–water partition coefficient (Wildman–Crippen LogP) is 4.76. The summed E-state index contributed by atoms with van der Waals surface area (Å²) in [5.41, 5.74) is -0.536. The highest BCUT2D eigenvalue weighted by molar-refractivity contribution is 7.90. The van der Waals surface area contributed by atoms with Gasteiger partial charge in [0.1, 0.15) is 0 Å². The minimum Gasteiger partial charge on any atom is -0.349 e. The van der Waals surface area contributed by atoms with Gasteiger partial charge in [0.05, 0.1) is 0 Å². The van der Waals surface area contributed by atoms with Gasteiger partial charge in [-0.25, -0.2) is 13.2 Å². The molecule has 0 rings (SSSR count). The molecule has 0 saturated heterocycles. The average molecular weight is 525 g/mol. The molecule has 0 unspecified atom stereocenters. The molecule has 0 bridgehead atoms. The van der Waals surface area contributed by atoms with Crippen LogP contribution < -0.4 is 0 Å². The van der Waals surface area contributed by atoms with Gasteiger partial charge in [0.2, 0.25) is 0 Å². The topological polar surface area (TPSA) is 63.7 Å². The minimum absolute atomic E-state index is 0.0559. The fourth-order valence-corrected chi connectivity index (χ4v) is 2.65. The van der Waals surface area contributed by atoms with Crippen molar-refractivity contribution in [3.05, 3.63) is 11.6 Å². The summed E-state index contributed by atoms with van der Waals surface area (Å²) < 4.78 is 191. The molecule has 0 aliphatic carbocycles. The van der Waals surface area contributed by atoms with Crippen LogP contribution in [0.3, 0.4) is 0 Å². The van der Waals surface area contributed by atoms with E-state index >= 15 is 0 Å². The SMILES string of the molecule is CCC=C(C)C(=O)ON(C)S(=O)(=O)C(F)(F)C(F)(F)C(F)(F)C(F)(F)C(F)(F)C(F)(F)F. The Balaban J connectivity index is 6.49. The van der Waals surface area contributed by atoms with Crippen LogP contribution in [0.1, 0.15) is 20.3 Å². The molecule has 0 spiro atoms. The average Bonchev–Trinajstić information content (AvgIpc) is 2.59. The number of hydrogen-bond donors (Lipinski definition) is 0. The third kappa shape index (κ3) is 4.36. The number of carbonyl (C=O) groups is 1. The summed E-state index contributed by atoms with van der Waals surface area (Å²) >= 11 is 0. The lowest BCUT2D eigenvalue weighted by Gasteiger charge is -2.39. The quantitative estimate of drug-likeness (QED) is 0.248. The molecule has 0 aromatic heterocycles. The number of hydrogen-bond acceptors (Lipinski definition) is 4. The van der Waals surface area contributed by atoms with E-state index in [-0.39, 0.29) is 13.5 Å². The van der Waals surface area contributed by atoms with Crippen molar-refractivity contribution in [1.82, 2.24) is 4.47 Å². The molecule has 5 nitrogen and oxygen atoms in total. The van der Waals surface area contributed by atoms with Gasteiger partial charge in [-0.3, -0.25) is 0 Å². The third-order valence-corrected chi connectivity index (χ3v) is 5.27. The maximum absolute atomic E-state index is 13.8. The summed E-state index contributed by atoms with van der Waals surface area (Å²) in [4.78, 5) is 15.1. The molecule has 0 fully saturated rings. The van der Waals surface area contributed by atoms with Crippen LogP contribution in [0.15, 0.2) is 11.6 Å². The van der Waals surface area contributed by atoms with E-state index in [2.05, 4.69) is 4.84 Å². The first-order valence-corrected chi connectivity index (χ1v) is 9.06. The summed E-state index contributed by atoms with van der Waals surface area (Å²) in [6.45, 7) is 2.28. The van der Waals surface area contributed by atoms with Gasteiger partial charge in [-0.1, -0.05) is 13.0 Å². The molecule has 0 radical (unpaired) electrons. The zero-order valence-corrected chi connectivity index (χ0v) is 16.5. The van der Waals surface area contributed by atoms with Crippen LogP contribution in [0, 0.1) is 0 Å². The molecular formula is C13H12F13NO4S. The van der Waals surface area contributed by atoms with Crippen molar-refractivity contribution in [3.63, 3.8) is 0 Å². The molecule has 0 aromatic carbocycles. The molecule has 0 heterocycles. The number of halogens is 13. The molecule has 0 aliphatic rings. The predicted molar refractivity (Wildman–Crippen MR) is 77.6 cm³/mol. The number of hydroxylamine groups is 1. The van der Waals surface area contributed by atoms with Crippen molar-refractivity contribution in [2.24, 2.45) is 0 Å². The van der Waals surface area contributed by atoms with E-state index in [0.717, 1.165) is 13.0 Å². The highest BCUT2D eigenvalue weighted by Crippen LogP contribution is 2.61. The zero-order chi connectivity index (χ0) is 26.4. The van der Waals surface area contributed by atoms with Gasteiger partial charge in [0, 0.05) is 12.6 Å².